The van der Waals surface area contributed by atoms with Crippen LogP contribution in [-0.4, -0.2) is 47.1 Å². The molecule has 0 spiro atoms. The minimum Gasteiger partial charge on any atom is -0.480 e. The van der Waals surface area contributed by atoms with Gasteiger partial charge in [-0.25, -0.2) is 0 Å². The van der Waals surface area contributed by atoms with Crippen molar-refractivity contribution >= 4 is 11.9 Å². The van der Waals surface area contributed by atoms with Crippen molar-refractivity contribution in [3.8, 4) is 0 Å². The Labute approximate surface area is 162 Å². The van der Waals surface area contributed by atoms with Crippen molar-refractivity contribution < 1.29 is 14.7 Å². The number of nitrogens with one attached hydrogen (secondary N) is 1. The molecule has 3 rings (SSSR count). The SMILES string of the molecule is CCC(C)C(C(=O)NC1CC(N(CC(=O)O)CC2CC2)C1)c1ccccc1. The smallest absolute Gasteiger partial charge is 0.317 e. The molecule has 27 heavy (non-hydrogen) atoms. The molecule has 1 aromatic carbocycles. The number of hydrogen-bond donors (Lipinski definition) is 2. The fourth-order valence-corrected chi connectivity index (χ4v) is 4.08. The molecular weight excluding hydrogens is 340 g/mol. The average molecular weight is 373 g/mol. The zero-order valence-electron chi connectivity index (χ0n) is 16.4. The van der Waals surface area contributed by atoms with Crippen LogP contribution in [0.25, 0.3) is 0 Å². The normalized spacial score (nSPS) is 24.1. The number of amides is 1. The molecule has 0 heterocycles. The summed E-state index contributed by atoms with van der Waals surface area (Å²) in [5.41, 5.74) is 1.07. The maximum absolute atomic E-state index is 13.0. The minimum atomic E-state index is -0.760. The van der Waals surface area contributed by atoms with Crippen LogP contribution in [0.15, 0.2) is 30.3 Å². The molecule has 0 aromatic heterocycles. The summed E-state index contributed by atoms with van der Waals surface area (Å²) in [6.07, 6.45) is 5.10. The molecule has 2 saturated carbocycles. The first kappa shape index (κ1) is 19.9. The molecule has 2 aliphatic carbocycles. The zero-order valence-corrected chi connectivity index (χ0v) is 16.4. The monoisotopic (exact) mass is 372 g/mol. The fourth-order valence-electron chi connectivity index (χ4n) is 4.08. The lowest BCUT2D eigenvalue weighted by Gasteiger charge is -2.43. The van der Waals surface area contributed by atoms with Gasteiger partial charge in [0.15, 0.2) is 0 Å². The van der Waals surface area contributed by atoms with Gasteiger partial charge in [0, 0.05) is 18.6 Å². The van der Waals surface area contributed by atoms with Gasteiger partial charge in [-0.15, -0.1) is 0 Å². The lowest BCUT2D eigenvalue weighted by Crippen LogP contribution is -2.56. The van der Waals surface area contributed by atoms with E-state index in [1.165, 1.54) is 12.8 Å². The topological polar surface area (TPSA) is 69.6 Å². The zero-order chi connectivity index (χ0) is 19.4. The summed E-state index contributed by atoms with van der Waals surface area (Å²) >= 11 is 0. The highest BCUT2D eigenvalue weighted by Gasteiger charge is 2.39. The van der Waals surface area contributed by atoms with Crippen LogP contribution in [0.1, 0.15) is 57.4 Å². The molecule has 1 aromatic rings. The van der Waals surface area contributed by atoms with E-state index in [1.807, 2.05) is 30.3 Å². The van der Waals surface area contributed by atoms with E-state index >= 15 is 0 Å². The van der Waals surface area contributed by atoms with E-state index in [4.69, 9.17) is 0 Å². The highest BCUT2D eigenvalue weighted by molar-refractivity contribution is 5.84. The molecular formula is C22H32N2O3. The summed E-state index contributed by atoms with van der Waals surface area (Å²) in [6, 6.07) is 10.5. The van der Waals surface area contributed by atoms with Crippen molar-refractivity contribution in [2.45, 2.75) is 64.0 Å². The van der Waals surface area contributed by atoms with E-state index in [0.29, 0.717) is 5.92 Å². The maximum Gasteiger partial charge on any atom is 0.317 e. The molecule has 0 saturated heterocycles. The first-order valence-electron chi connectivity index (χ1n) is 10.3. The van der Waals surface area contributed by atoms with Crippen molar-refractivity contribution in [3.05, 3.63) is 35.9 Å². The number of carboxylic acids is 1. The Morgan fingerprint density at radius 1 is 1.22 bits per heavy atom. The molecule has 2 N–H and O–H groups in total. The molecule has 2 unspecified atom stereocenters. The van der Waals surface area contributed by atoms with Crippen LogP contribution in [-0.2, 0) is 9.59 Å². The lowest BCUT2D eigenvalue weighted by atomic mass is 9.82. The van der Waals surface area contributed by atoms with Crippen molar-refractivity contribution in [2.75, 3.05) is 13.1 Å². The van der Waals surface area contributed by atoms with E-state index in [-0.39, 0.29) is 36.4 Å². The summed E-state index contributed by atoms with van der Waals surface area (Å²) in [5.74, 6) is 0.166. The predicted molar refractivity (Wildman–Crippen MR) is 106 cm³/mol. The van der Waals surface area contributed by atoms with Crippen LogP contribution in [0, 0.1) is 11.8 Å². The molecule has 0 bridgehead atoms. The molecule has 0 aliphatic heterocycles. The van der Waals surface area contributed by atoms with Gasteiger partial charge in [-0.05, 0) is 43.1 Å². The third-order valence-corrected chi connectivity index (χ3v) is 6.16. The number of carbonyl (C=O) groups excluding carboxylic acids is 1. The number of carbonyl (C=O) groups is 2. The van der Waals surface area contributed by atoms with Crippen LogP contribution in [0.4, 0.5) is 0 Å². The number of aliphatic carboxylic acids is 1. The Hall–Kier alpha value is -1.88. The summed E-state index contributed by atoms with van der Waals surface area (Å²) < 4.78 is 0. The third-order valence-electron chi connectivity index (χ3n) is 6.16. The van der Waals surface area contributed by atoms with E-state index in [9.17, 15) is 14.7 Å². The Morgan fingerprint density at radius 2 is 1.89 bits per heavy atom. The second-order valence-corrected chi connectivity index (χ2v) is 8.37. The van der Waals surface area contributed by atoms with E-state index in [0.717, 1.165) is 31.4 Å². The maximum atomic E-state index is 13.0. The number of hydrogen-bond acceptors (Lipinski definition) is 3. The summed E-state index contributed by atoms with van der Waals surface area (Å²) in [6.45, 7) is 5.25. The Kier molecular flexibility index (Phi) is 6.53. The standard InChI is InChI=1S/C22H32N2O3/c1-3-15(2)21(17-7-5-4-6-8-17)22(27)23-18-11-19(12-18)24(14-20(25)26)13-16-9-10-16/h4-8,15-16,18-19,21H,3,9-14H2,1-2H3,(H,23,27)(H,25,26). The van der Waals surface area contributed by atoms with Crippen LogP contribution in [0.2, 0.25) is 0 Å². The Bertz CT molecular complexity index is 638. The second kappa shape index (κ2) is 8.87. The Morgan fingerprint density at radius 3 is 2.44 bits per heavy atom. The molecule has 148 valence electrons. The largest absolute Gasteiger partial charge is 0.480 e. The van der Waals surface area contributed by atoms with Gasteiger partial charge >= 0.3 is 5.97 Å². The molecule has 5 nitrogen and oxygen atoms in total. The fraction of sp³-hybridized carbons (Fsp3) is 0.636. The Balaban J connectivity index is 1.55. The van der Waals surface area contributed by atoms with E-state index in [2.05, 4.69) is 24.1 Å². The van der Waals surface area contributed by atoms with Gasteiger partial charge < -0.3 is 10.4 Å². The van der Waals surface area contributed by atoms with Crippen LogP contribution >= 0.6 is 0 Å². The molecule has 5 heteroatoms. The van der Waals surface area contributed by atoms with Crippen LogP contribution in [0.5, 0.6) is 0 Å². The number of rotatable bonds is 10. The number of benzene rings is 1. The van der Waals surface area contributed by atoms with Gasteiger partial charge in [-0.3, -0.25) is 14.5 Å². The highest BCUT2D eigenvalue weighted by atomic mass is 16.4. The summed E-state index contributed by atoms with van der Waals surface area (Å²) in [4.78, 5) is 26.2. The first-order valence-corrected chi connectivity index (χ1v) is 10.3. The quantitative estimate of drug-likeness (QED) is 0.661. The van der Waals surface area contributed by atoms with Crippen molar-refractivity contribution in [1.29, 1.82) is 0 Å². The van der Waals surface area contributed by atoms with Gasteiger partial charge in [-0.1, -0.05) is 50.6 Å². The van der Waals surface area contributed by atoms with Crippen molar-refractivity contribution in [2.24, 2.45) is 11.8 Å². The van der Waals surface area contributed by atoms with Crippen molar-refractivity contribution in [3.63, 3.8) is 0 Å². The van der Waals surface area contributed by atoms with Gasteiger partial charge in [0.2, 0.25) is 5.91 Å². The van der Waals surface area contributed by atoms with Gasteiger partial charge in [-0.2, -0.15) is 0 Å². The van der Waals surface area contributed by atoms with Gasteiger partial charge in [0.1, 0.15) is 0 Å². The predicted octanol–water partition coefficient (Wildman–Crippen LogP) is 3.26. The molecule has 2 atom stereocenters. The van der Waals surface area contributed by atoms with Gasteiger partial charge in [0.25, 0.3) is 0 Å². The van der Waals surface area contributed by atoms with Gasteiger partial charge in [0.05, 0.1) is 12.5 Å². The van der Waals surface area contributed by atoms with Crippen molar-refractivity contribution in [1.82, 2.24) is 10.2 Å². The number of nitrogens with zero attached hydrogens (tertiary/aromatic N) is 1. The van der Waals surface area contributed by atoms with E-state index < -0.39 is 5.97 Å². The molecule has 0 radical (unpaired) electrons. The van der Waals surface area contributed by atoms with Crippen LogP contribution < -0.4 is 5.32 Å². The molecule has 1 amide bonds. The highest BCUT2D eigenvalue weighted by Crippen LogP contribution is 2.34. The number of carboxylic acid groups (broad SMARTS) is 1. The average Bonchev–Trinajstić information content (AvgIpc) is 3.41. The summed E-state index contributed by atoms with van der Waals surface area (Å²) in [5, 5.41) is 12.4. The van der Waals surface area contributed by atoms with Crippen LogP contribution in [0.3, 0.4) is 0 Å². The first-order chi connectivity index (χ1) is 13.0. The third kappa shape index (κ3) is 5.32. The molecule has 2 fully saturated rings. The van der Waals surface area contributed by atoms with E-state index in [1.54, 1.807) is 0 Å². The molecule has 2 aliphatic rings. The second-order valence-electron chi connectivity index (χ2n) is 8.37. The minimum absolute atomic E-state index is 0.103. The lowest BCUT2D eigenvalue weighted by molar-refractivity contribution is -0.140. The summed E-state index contributed by atoms with van der Waals surface area (Å²) in [7, 11) is 0.